The van der Waals surface area contributed by atoms with Gasteiger partial charge in [-0.15, -0.1) is 0 Å². The Morgan fingerprint density at radius 1 is 1.26 bits per heavy atom. The van der Waals surface area contributed by atoms with Crippen LogP contribution in [-0.2, 0) is 4.79 Å². The molecular formula is C15H21BrN2O. The van der Waals surface area contributed by atoms with E-state index in [1.807, 2.05) is 24.3 Å². The molecule has 2 rings (SSSR count). The van der Waals surface area contributed by atoms with Gasteiger partial charge in [-0.3, -0.25) is 4.79 Å². The third kappa shape index (κ3) is 4.96. The average molecular weight is 325 g/mol. The number of hydrogen-bond acceptors (Lipinski definition) is 2. The van der Waals surface area contributed by atoms with Crippen molar-refractivity contribution in [2.24, 2.45) is 5.92 Å². The highest BCUT2D eigenvalue weighted by Crippen LogP contribution is 2.26. The predicted molar refractivity (Wildman–Crippen MR) is 82.2 cm³/mol. The lowest BCUT2D eigenvalue weighted by Crippen LogP contribution is -2.29. The minimum atomic E-state index is 0.0123. The van der Waals surface area contributed by atoms with Gasteiger partial charge in [0.15, 0.2) is 0 Å². The molecule has 1 amide bonds. The molecule has 0 spiro atoms. The molecule has 2 N–H and O–H groups in total. The first kappa shape index (κ1) is 14.5. The molecule has 0 heterocycles. The van der Waals surface area contributed by atoms with Crippen LogP contribution in [-0.4, -0.2) is 19.0 Å². The lowest BCUT2D eigenvalue weighted by molar-refractivity contribution is -0.115. The fourth-order valence-corrected chi connectivity index (χ4v) is 2.95. The highest BCUT2D eigenvalue weighted by molar-refractivity contribution is 9.10. The second kappa shape index (κ2) is 7.65. The van der Waals surface area contributed by atoms with E-state index in [2.05, 4.69) is 26.6 Å². The number of rotatable bonds is 6. The summed E-state index contributed by atoms with van der Waals surface area (Å²) in [6, 6.07) is 7.65. The van der Waals surface area contributed by atoms with E-state index in [4.69, 9.17) is 0 Å². The first-order valence-electron chi connectivity index (χ1n) is 7.01. The Bertz CT molecular complexity index is 416. The third-order valence-electron chi connectivity index (χ3n) is 3.64. The van der Waals surface area contributed by atoms with E-state index in [9.17, 15) is 4.79 Å². The molecule has 1 saturated carbocycles. The Kier molecular flexibility index (Phi) is 5.86. The molecule has 0 unspecified atom stereocenters. The molecule has 0 aliphatic heterocycles. The second-order valence-electron chi connectivity index (χ2n) is 5.14. The van der Waals surface area contributed by atoms with Crippen LogP contribution >= 0.6 is 15.9 Å². The van der Waals surface area contributed by atoms with Gasteiger partial charge in [0.2, 0.25) is 5.91 Å². The van der Waals surface area contributed by atoms with Crippen LogP contribution < -0.4 is 10.6 Å². The van der Waals surface area contributed by atoms with Gasteiger partial charge < -0.3 is 10.6 Å². The van der Waals surface area contributed by atoms with Crippen molar-refractivity contribution in [3.05, 3.63) is 28.7 Å². The minimum absolute atomic E-state index is 0.0123. The Balaban J connectivity index is 1.63. The van der Waals surface area contributed by atoms with Crippen molar-refractivity contribution in [1.29, 1.82) is 0 Å². The quantitative estimate of drug-likeness (QED) is 0.785. The van der Waals surface area contributed by atoms with Gasteiger partial charge in [0.1, 0.15) is 0 Å². The summed E-state index contributed by atoms with van der Waals surface area (Å²) in [4.78, 5) is 11.8. The molecule has 0 aromatic heterocycles. The number of amides is 1. The normalized spacial score (nSPS) is 15.6. The Hall–Kier alpha value is -0.870. The van der Waals surface area contributed by atoms with Crippen molar-refractivity contribution in [2.45, 2.75) is 32.1 Å². The van der Waals surface area contributed by atoms with Gasteiger partial charge in [0.05, 0.1) is 12.2 Å². The maximum atomic E-state index is 11.8. The molecule has 1 aliphatic rings. The van der Waals surface area contributed by atoms with Crippen LogP contribution in [0.4, 0.5) is 5.69 Å². The number of hydrogen-bond donors (Lipinski definition) is 2. The van der Waals surface area contributed by atoms with Crippen LogP contribution in [0.2, 0.25) is 0 Å². The SMILES string of the molecule is O=C(CNCCC1CCCC1)Nc1ccccc1Br. The zero-order chi connectivity index (χ0) is 13.5. The van der Waals surface area contributed by atoms with Crippen molar-refractivity contribution >= 4 is 27.5 Å². The van der Waals surface area contributed by atoms with Crippen molar-refractivity contribution in [1.82, 2.24) is 5.32 Å². The number of carbonyl (C=O) groups excluding carboxylic acids is 1. The summed E-state index contributed by atoms with van der Waals surface area (Å²) in [5.41, 5.74) is 0.824. The third-order valence-corrected chi connectivity index (χ3v) is 4.33. The number of halogens is 1. The van der Waals surface area contributed by atoms with Crippen molar-refractivity contribution in [3.8, 4) is 0 Å². The van der Waals surface area contributed by atoms with Crippen LogP contribution in [0.25, 0.3) is 0 Å². The zero-order valence-corrected chi connectivity index (χ0v) is 12.7. The molecule has 3 nitrogen and oxygen atoms in total. The summed E-state index contributed by atoms with van der Waals surface area (Å²) in [5, 5.41) is 6.11. The highest BCUT2D eigenvalue weighted by atomic mass is 79.9. The topological polar surface area (TPSA) is 41.1 Å². The molecule has 104 valence electrons. The summed E-state index contributed by atoms with van der Waals surface area (Å²) >= 11 is 3.42. The molecule has 0 saturated heterocycles. The summed E-state index contributed by atoms with van der Waals surface area (Å²) < 4.78 is 0.911. The van der Waals surface area contributed by atoms with Gasteiger partial charge in [-0.2, -0.15) is 0 Å². The largest absolute Gasteiger partial charge is 0.324 e. The standard InChI is InChI=1S/C15H21BrN2O/c16-13-7-3-4-8-14(13)18-15(19)11-17-10-9-12-5-1-2-6-12/h3-4,7-8,12,17H,1-2,5-6,9-11H2,(H,18,19). The van der Waals surface area contributed by atoms with Crippen LogP contribution in [0.3, 0.4) is 0 Å². The Morgan fingerprint density at radius 3 is 2.74 bits per heavy atom. The van der Waals surface area contributed by atoms with Crippen molar-refractivity contribution in [2.75, 3.05) is 18.4 Å². The minimum Gasteiger partial charge on any atom is -0.324 e. The maximum absolute atomic E-state index is 11.8. The molecular weight excluding hydrogens is 304 g/mol. The van der Waals surface area contributed by atoms with Gasteiger partial charge in [-0.05, 0) is 46.9 Å². The molecule has 1 aromatic carbocycles. The molecule has 0 radical (unpaired) electrons. The molecule has 19 heavy (non-hydrogen) atoms. The number of para-hydroxylation sites is 1. The van der Waals surface area contributed by atoms with Crippen molar-refractivity contribution in [3.63, 3.8) is 0 Å². The maximum Gasteiger partial charge on any atom is 0.238 e. The summed E-state index contributed by atoms with van der Waals surface area (Å²) in [5.74, 6) is 0.886. The number of carbonyl (C=O) groups is 1. The van der Waals surface area contributed by atoms with Gasteiger partial charge in [0, 0.05) is 4.47 Å². The summed E-state index contributed by atoms with van der Waals surface area (Å²) in [6.07, 6.45) is 6.69. The van der Waals surface area contributed by atoms with E-state index < -0.39 is 0 Å². The average Bonchev–Trinajstić information content (AvgIpc) is 2.91. The molecule has 4 heteroatoms. The molecule has 0 bridgehead atoms. The predicted octanol–water partition coefficient (Wildman–Crippen LogP) is 3.56. The number of benzene rings is 1. The fourth-order valence-electron chi connectivity index (χ4n) is 2.56. The summed E-state index contributed by atoms with van der Waals surface area (Å²) in [6.45, 7) is 1.32. The number of nitrogens with one attached hydrogen (secondary N) is 2. The van der Waals surface area contributed by atoms with Crippen LogP contribution in [0.15, 0.2) is 28.7 Å². The Labute approximate surface area is 123 Å². The van der Waals surface area contributed by atoms with E-state index in [0.717, 1.165) is 22.6 Å². The lowest BCUT2D eigenvalue weighted by atomic mass is 10.0. The lowest BCUT2D eigenvalue weighted by Gasteiger charge is -2.10. The smallest absolute Gasteiger partial charge is 0.238 e. The first-order chi connectivity index (χ1) is 9.25. The fraction of sp³-hybridized carbons (Fsp3) is 0.533. The van der Waals surface area contributed by atoms with E-state index in [1.54, 1.807) is 0 Å². The number of anilines is 1. The van der Waals surface area contributed by atoms with Crippen LogP contribution in [0.1, 0.15) is 32.1 Å². The van der Waals surface area contributed by atoms with Gasteiger partial charge in [-0.25, -0.2) is 0 Å². The van der Waals surface area contributed by atoms with Gasteiger partial charge in [-0.1, -0.05) is 37.8 Å². The first-order valence-corrected chi connectivity index (χ1v) is 7.80. The molecule has 1 aromatic rings. The van der Waals surface area contributed by atoms with E-state index in [0.29, 0.717) is 6.54 Å². The molecule has 1 aliphatic carbocycles. The second-order valence-corrected chi connectivity index (χ2v) is 6.00. The van der Waals surface area contributed by atoms with E-state index >= 15 is 0 Å². The van der Waals surface area contributed by atoms with Crippen LogP contribution in [0.5, 0.6) is 0 Å². The molecule has 1 fully saturated rings. The van der Waals surface area contributed by atoms with Gasteiger partial charge in [0.25, 0.3) is 0 Å². The van der Waals surface area contributed by atoms with Crippen LogP contribution in [0, 0.1) is 5.92 Å². The zero-order valence-electron chi connectivity index (χ0n) is 11.1. The summed E-state index contributed by atoms with van der Waals surface area (Å²) in [7, 11) is 0. The molecule has 0 atom stereocenters. The highest BCUT2D eigenvalue weighted by Gasteiger charge is 2.14. The monoisotopic (exact) mass is 324 g/mol. The van der Waals surface area contributed by atoms with E-state index in [-0.39, 0.29) is 5.91 Å². The van der Waals surface area contributed by atoms with Crippen molar-refractivity contribution < 1.29 is 4.79 Å². The van der Waals surface area contributed by atoms with E-state index in [1.165, 1.54) is 32.1 Å². The van der Waals surface area contributed by atoms with Gasteiger partial charge >= 0.3 is 0 Å². The Morgan fingerprint density at radius 2 is 2.00 bits per heavy atom.